The minimum atomic E-state index is -4.01. The zero-order valence-corrected chi connectivity index (χ0v) is 22.7. The summed E-state index contributed by atoms with van der Waals surface area (Å²) < 4.78 is 45.0. The quantitative estimate of drug-likeness (QED) is 0.182. The van der Waals surface area contributed by atoms with Crippen LogP contribution < -0.4 is 36.1 Å². The van der Waals surface area contributed by atoms with Crippen LogP contribution in [0.15, 0.2) is 59.6 Å². The van der Waals surface area contributed by atoms with Crippen molar-refractivity contribution in [2.75, 3.05) is 43.3 Å². The normalized spacial score (nSPS) is 10.8. The average molecular weight is 562 g/mol. The molecule has 7 N–H and O–H groups in total. The summed E-state index contributed by atoms with van der Waals surface area (Å²) in [4.78, 5) is 12.6. The Morgan fingerprint density at radius 3 is 2.30 bits per heavy atom. The molecule has 0 aliphatic rings. The molecule has 0 atom stereocenters. The van der Waals surface area contributed by atoms with Crippen LogP contribution in [0.1, 0.15) is 22.4 Å². The van der Waals surface area contributed by atoms with Crippen LogP contribution in [0.5, 0.6) is 17.4 Å². The Balaban J connectivity index is 1.84. The number of benzene rings is 2. The van der Waals surface area contributed by atoms with Crippen molar-refractivity contribution in [3.63, 3.8) is 0 Å². The van der Waals surface area contributed by atoms with Gasteiger partial charge in [-0.1, -0.05) is 12.0 Å². The predicted octanol–water partition coefficient (Wildman–Crippen LogP) is 2.44. The molecular weight excluding hydrogens is 534 g/mol. The Morgan fingerprint density at radius 1 is 0.900 bits per heavy atom. The van der Waals surface area contributed by atoms with Crippen molar-refractivity contribution in [2.24, 2.45) is 0 Å². The van der Waals surface area contributed by atoms with Gasteiger partial charge in [0.15, 0.2) is 11.5 Å². The van der Waals surface area contributed by atoms with Gasteiger partial charge in [0.25, 0.3) is 10.0 Å². The van der Waals surface area contributed by atoms with E-state index in [4.69, 9.17) is 31.4 Å². The predicted molar refractivity (Wildman–Crippen MR) is 152 cm³/mol. The molecule has 0 fully saturated rings. The van der Waals surface area contributed by atoms with Crippen LogP contribution in [-0.2, 0) is 16.4 Å². The Bertz CT molecular complexity index is 1720. The second-order valence-corrected chi connectivity index (χ2v) is 10.0. The van der Waals surface area contributed by atoms with Crippen molar-refractivity contribution < 1.29 is 22.6 Å². The summed E-state index contributed by atoms with van der Waals surface area (Å²) in [6.45, 7) is 0. The second-order valence-electron chi connectivity index (χ2n) is 8.33. The van der Waals surface area contributed by atoms with E-state index in [1.54, 1.807) is 24.3 Å². The maximum Gasteiger partial charge on any atom is 0.262 e. The maximum atomic E-state index is 13.1. The van der Waals surface area contributed by atoms with Crippen LogP contribution in [0.25, 0.3) is 0 Å². The SMILES string of the molecule is COc1cccc(C#Cc2nc(OC)c(NS(=O)(=O)c3ccc(N)cc3)cc2Cc2cnc(N)nc2N)c1OC. The number of nitrogen functional groups attached to an aromatic ring is 3. The number of ether oxygens (including phenoxy) is 3. The number of anilines is 4. The third-order valence-corrected chi connectivity index (χ3v) is 7.09. The first-order valence-electron chi connectivity index (χ1n) is 11.7. The molecule has 0 aliphatic carbocycles. The van der Waals surface area contributed by atoms with Crippen LogP contribution in [0.3, 0.4) is 0 Å². The molecule has 2 aromatic carbocycles. The summed E-state index contributed by atoms with van der Waals surface area (Å²) in [7, 11) is 0.409. The van der Waals surface area contributed by atoms with E-state index in [-0.39, 0.29) is 34.6 Å². The summed E-state index contributed by atoms with van der Waals surface area (Å²) in [5.74, 6) is 7.25. The van der Waals surface area contributed by atoms with Gasteiger partial charge < -0.3 is 31.4 Å². The Morgan fingerprint density at radius 2 is 1.65 bits per heavy atom. The molecule has 0 amide bonds. The summed E-state index contributed by atoms with van der Waals surface area (Å²) >= 11 is 0. The molecule has 0 radical (unpaired) electrons. The van der Waals surface area contributed by atoms with Crippen LogP contribution in [0, 0.1) is 11.8 Å². The third-order valence-electron chi connectivity index (χ3n) is 5.71. The maximum absolute atomic E-state index is 13.1. The molecule has 2 heterocycles. The second kappa shape index (κ2) is 11.7. The largest absolute Gasteiger partial charge is 0.493 e. The number of sulfonamides is 1. The lowest BCUT2D eigenvalue weighted by Gasteiger charge is -2.15. The van der Waals surface area contributed by atoms with Gasteiger partial charge in [-0.05, 0) is 53.9 Å². The zero-order chi connectivity index (χ0) is 28.9. The highest BCUT2D eigenvalue weighted by atomic mass is 32.2. The lowest BCUT2D eigenvalue weighted by molar-refractivity contribution is 0.354. The lowest BCUT2D eigenvalue weighted by atomic mass is 10.0. The topological polar surface area (TPSA) is 191 Å². The molecule has 13 heteroatoms. The van der Waals surface area contributed by atoms with E-state index in [9.17, 15) is 8.42 Å². The molecule has 206 valence electrons. The molecule has 2 aromatic heterocycles. The Kier molecular flexibility index (Phi) is 8.11. The third kappa shape index (κ3) is 6.08. The number of aromatic nitrogens is 3. The summed E-state index contributed by atoms with van der Waals surface area (Å²) in [5, 5.41) is 0. The van der Waals surface area contributed by atoms with E-state index in [2.05, 4.69) is 31.5 Å². The molecule has 0 saturated heterocycles. The van der Waals surface area contributed by atoms with Gasteiger partial charge in [-0.3, -0.25) is 4.72 Å². The molecule has 0 saturated carbocycles. The first kappa shape index (κ1) is 27.8. The molecule has 4 aromatic rings. The number of rotatable bonds is 8. The Hall–Kier alpha value is -5.22. The van der Waals surface area contributed by atoms with Gasteiger partial charge in [0.05, 0.1) is 31.8 Å². The summed E-state index contributed by atoms with van der Waals surface area (Å²) in [6, 6.07) is 12.6. The van der Waals surface area contributed by atoms with Crippen molar-refractivity contribution in [3.05, 3.63) is 77.1 Å². The number of methoxy groups -OCH3 is 3. The van der Waals surface area contributed by atoms with Crippen LogP contribution in [-0.4, -0.2) is 44.7 Å². The molecular formula is C27H27N7O5S. The van der Waals surface area contributed by atoms with Crippen molar-refractivity contribution in [1.82, 2.24) is 15.0 Å². The van der Waals surface area contributed by atoms with Crippen molar-refractivity contribution in [1.29, 1.82) is 0 Å². The van der Waals surface area contributed by atoms with Gasteiger partial charge in [0.2, 0.25) is 11.8 Å². The molecule has 40 heavy (non-hydrogen) atoms. The fourth-order valence-corrected chi connectivity index (χ4v) is 4.80. The highest BCUT2D eigenvalue weighted by Crippen LogP contribution is 2.32. The van der Waals surface area contributed by atoms with Crippen molar-refractivity contribution >= 4 is 33.2 Å². The molecule has 12 nitrogen and oxygen atoms in total. The van der Waals surface area contributed by atoms with Crippen molar-refractivity contribution in [3.8, 4) is 29.2 Å². The molecule has 0 bridgehead atoms. The standard InChI is InChI=1S/C27H27N7O5S/c1-37-23-6-4-5-16(24(23)38-2)7-12-21-17(13-18-15-31-27(30)33-25(18)29)14-22(26(32-21)39-3)34-40(35,36)20-10-8-19(28)9-11-20/h4-6,8-11,14-15,34H,13,28H2,1-3H3,(H4,29,30,31,33). The average Bonchev–Trinajstić information content (AvgIpc) is 2.93. The highest BCUT2D eigenvalue weighted by molar-refractivity contribution is 7.92. The lowest BCUT2D eigenvalue weighted by Crippen LogP contribution is -2.15. The zero-order valence-electron chi connectivity index (χ0n) is 21.9. The first-order valence-corrected chi connectivity index (χ1v) is 13.2. The number of nitrogens with zero attached hydrogens (tertiary/aromatic N) is 3. The molecule has 0 unspecified atom stereocenters. The van der Waals surface area contributed by atoms with E-state index < -0.39 is 10.0 Å². The minimum absolute atomic E-state index is 0.00575. The van der Waals surface area contributed by atoms with Gasteiger partial charge in [0, 0.05) is 23.9 Å². The van der Waals surface area contributed by atoms with E-state index >= 15 is 0 Å². The number of hydrogen-bond acceptors (Lipinski definition) is 11. The number of nitrogens with one attached hydrogen (secondary N) is 1. The molecule has 0 spiro atoms. The van der Waals surface area contributed by atoms with E-state index in [1.165, 1.54) is 51.8 Å². The monoisotopic (exact) mass is 561 g/mol. The number of pyridine rings is 1. The van der Waals surface area contributed by atoms with Gasteiger partial charge >= 0.3 is 0 Å². The fourth-order valence-electron chi connectivity index (χ4n) is 3.75. The fraction of sp³-hybridized carbons (Fsp3) is 0.148. The van der Waals surface area contributed by atoms with Crippen molar-refractivity contribution in [2.45, 2.75) is 11.3 Å². The van der Waals surface area contributed by atoms with Gasteiger partial charge in [-0.15, -0.1) is 0 Å². The van der Waals surface area contributed by atoms with Gasteiger partial charge in [0.1, 0.15) is 17.2 Å². The summed E-state index contributed by atoms with van der Waals surface area (Å²) in [5.41, 5.74) is 19.9. The van der Waals surface area contributed by atoms with E-state index in [0.29, 0.717) is 39.6 Å². The van der Waals surface area contributed by atoms with Crippen LogP contribution in [0.2, 0.25) is 0 Å². The first-order chi connectivity index (χ1) is 19.1. The van der Waals surface area contributed by atoms with Crippen LogP contribution in [0.4, 0.5) is 23.1 Å². The van der Waals surface area contributed by atoms with E-state index in [1.807, 2.05) is 0 Å². The Labute approximate surface area is 231 Å². The number of nitrogens with two attached hydrogens (primary N) is 3. The van der Waals surface area contributed by atoms with Gasteiger partial charge in [-0.2, -0.15) is 4.98 Å². The van der Waals surface area contributed by atoms with E-state index in [0.717, 1.165) is 0 Å². The molecule has 0 aliphatic heterocycles. The molecule has 4 rings (SSSR count). The van der Waals surface area contributed by atoms with Crippen LogP contribution >= 0.6 is 0 Å². The van der Waals surface area contributed by atoms with Gasteiger partial charge in [-0.25, -0.2) is 18.4 Å². The smallest absolute Gasteiger partial charge is 0.262 e. The number of hydrogen-bond donors (Lipinski definition) is 4. The number of para-hydroxylation sites is 1. The minimum Gasteiger partial charge on any atom is -0.493 e. The summed E-state index contributed by atoms with van der Waals surface area (Å²) in [6.07, 6.45) is 1.65. The highest BCUT2D eigenvalue weighted by Gasteiger charge is 2.20.